The van der Waals surface area contributed by atoms with Crippen molar-refractivity contribution in [3.8, 4) is 11.3 Å². The van der Waals surface area contributed by atoms with Crippen LogP contribution >= 0.6 is 11.3 Å². The second-order valence-electron chi connectivity index (χ2n) is 5.72. The average molecular weight is 349 g/mol. The molecule has 0 radical (unpaired) electrons. The van der Waals surface area contributed by atoms with Gasteiger partial charge in [0.05, 0.1) is 11.4 Å². The molecule has 2 aromatic heterocycles. The number of rotatable bonds is 3. The molecule has 0 aliphatic rings. The van der Waals surface area contributed by atoms with Crippen molar-refractivity contribution < 1.29 is 9.32 Å². The van der Waals surface area contributed by atoms with Crippen molar-refractivity contribution in [3.63, 3.8) is 0 Å². The number of thiazole rings is 1. The molecule has 0 atom stereocenters. The number of aromatic nitrogens is 2. The van der Waals surface area contributed by atoms with Crippen LogP contribution in [0.1, 0.15) is 21.8 Å². The van der Waals surface area contributed by atoms with Crippen molar-refractivity contribution in [2.24, 2.45) is 0 Å². The highest BCUT2D eigenvalue weighted by atomic mass is 32.1. The second-order valence-corrected chi connectivity index (χ2v) is 6.58. The van der Waals surface area contributed by atoms with Gasteiger partial charge in [-0.3, -0.25) is 10.1 Å². The molecule has 0 unspecified atom stereocenters. The van der Waals surface area contributed by atoms with Gasteiger partial charge in [-0.1, -0.05) is 47.6 Å². The number of nitrogens with one attached hydrogen (secondary N) is 1. The number of nitrogens with zero attached hydrogens (tertiary/aromatic N) is 2. The van der Waals surface area contributed by atoms with Gasteiger partial charge in [0.25, 0.3) is 5.91 Å². The summed E-state index contributed by atoms with van der Waals surface area (Å²) >= 11 is 1.40. The van der Waals surface area contributed by atoms with E-state index < -0.39 is 0 Å². The molecular formula is C19H15N3O2S. The van der Waals surface area contributed by atoms with E-state index in [4.69, 9.17) is 4.52 Å². The first-order chi connectivity index (χ1) is 12.1. The maximum atomic E-state index is 12.4. The number of hydrogen-bond donors (Lipinski definition) is 1. The van der Waals surface area contributed by atoms with Gasteiger partial charge in [0.2, 0.25) is 0 Å². The van der Waals surface area contributed by atoms with E-state index >= 15 is 0 Å². The van der Waals surface area contributed by atoms with Gasteiger partial charge in [0, 0.05) is 10.9 Å². The van der Waals surface area contributed by atoms with Crippen molar-refractivity contribution in [2.45, 2.75) is 13.8 Å². The predicted molar refractivity (Wildman–Crippen MR) is 99.0 cm³/mol. The van der Waals surface area contributed by atoms with Gasteiger partial charge in [-0.05, 0) is 24.6 Å². The molecule has 2 aromatic carbocycles. The summed E-state index contributed by atoms with van der Waals surface area (Å²) in [5.41, 5.74) is 2.92. The summed E-state index contributed by atoms with van der Waals surface area (Å²) in [6.07, 6.45) is 0. The fourth-order valence-electron chi connectivity index (χ4n) is 2.87. The van der Waals surface area contributed by atoms with E-state index in [0.717, 1.165) is 22.0 Å². The van der Waals surface area contributed by atoms with E-state index in [-0.39, 0.29) is 5.91 Å². The Bertz CT molecular complexity index is 1060. The molecule has 0 saturated carbocycles. The number of carbonyl (C=O) groups excluding carboxylic acids is 1. The van der Waals surface area contributed by atoms with Crippen LogP contribution in [-0.4, -0.2) is 16.0 Å². The fourth-order valence-corrected chi connectivity index (χ4v) is 3.58. The van der Waals surface area contributed by atoms with Crippen molar-refractivity contribution >= 4 is 33.1 Å². The van der Waals surface area contributed by atoms with Crippen LogP contribution in [0, 0.1) is 13.8 Å². The first-order valence-corrected chi connectivity index (χ1v) is 8.69. The Morgan fingerprint density at radius 2 is 1.92 bits per heavy atom. The first-order valence-electron chi connectivity index (χ1n) is 7.81. The van der Waals surface area contributed by atoms with E-state index in [1.54, 1.807) is 13.8 Å². The smallest absolute Gasteiger partial charge is 0.262 e. The molecule has 0 fully saturated rings. The standard InChI is InChI=1S/C19H15N3O2S/c1-11-17(12(2)24-22-11)18(23)21-19-20-16(10-25-19)15-9-5-7-13-6-3-4-8-14(13)15/h3-10H,1-2H3,(H,20,21,23). The molecule has 6 heteroatoms. The number of hydrogen-bond acceptors (Lipinski definition) is 5. The van der Waals surface area contributed by atoms with Crippen LogP contribution < -0.4 is 5.32 Å². The van der Waals surface area contributed by atoms with Crippen molar-refractivity contribution in [3.05, 3.63) is 64.9 Å². The third-order valence-electron chi connectivity index (χ3n) is 4.05. The Labute approximate surface area is 148 Å². The van der Waals surface area contributed by atoms with Gasteiger partial charge >= 0.3 is 0 Å². The van der Waals surface area contributed by atoms with E-state index in [9.17, 15) is 4.79 Å². The van der Waals surface area contributed by atoms with Crippen LogP contribution in [0.15, 0.2) is 52.4 Å². The zero-order valence-electron chi connectivity index (χ0n) is 13.7. The molecule has 2 heterocycles. The Hall–Kier alpha value is -2.99. The Morgan fingerprint density at radius 3 is 2.72 bits per heavy atom. The van der Waals surface area contributed by atoms with Gasteiger partial charge in [-0.25, -0.2) is 4.98 Å². The van der Waals surface area contributed by atoms with E-state index in [1.807, 2.05) is 29.6 Å². The van der Waals surface area contributed by atoms with E-state index in [1.165, 1.54) is 11.3 Å². The Balaban J connectivity index is 1.65. The molecule has 5 nitrogen and oxygen atoms in total. The summed E-state index contributed by atoms with van der Waals surface area (Å²) in [7, 11) is 0. The fraction of sp³-hybridized carbons (Fsp3) is 0.105. The summed E-state index contributed by atoms with van der Waals surface area (Å²) in [4.78, 5) is 17.0. The van der Waals surface area contributed by atoms with Gasteiger partial charge in [0.1, 0.15) is 11.3 Å². The molecule has 124 valence electrons. The largest absolute Gasteiger partial charge is 0.361 e. The quantitative estimate of drug-likeness (QED) is 0.576. The number of anilines is 1. The molecule has 0 spiro atoms. The summed E-state index contributed by atoms with van der Waals surface area (Å²) < 4.78 is 5.05. The van der Waals surface area contributed by atoms with Gasteiger partial charge < -0.3 is 4.52 Å². The zero-order valence-corrected chi connectivity index (χ0v) is 14.6. The maximum absolute atomic E-state index is 12.4. The van der Waals surface area contributed by atoms with E-state index in [0.29, 0.717) is 22.1 Å². The Morgan fingerprint density at radius 1 is 1.12 bits per heavy atom. The average Bonchev–Trinajstić information content (AvgIpc) is 3.21. The molecular weight excluding hydrogens is 334 g/mol. The number of fused-ring (bicyclic) bond motifs is 1. The van der Waals surface area contributed by atoms with Crippen molar-refractivity contribution in [2.75, 3.05) is 5.32 Å². The van der Waals surface area contributed by atoms with Crippen LogP contribution in [0.2, 0.25) is 0 Å². The molecule has 0 saturated heterocycles. The van der Waals surface area contributed by atoms with Crippen molar-refractivity contribution in [1.82, 2.24) is 10.1 Å². The first kappa shape index (κ1) is 15.5. The number of benzene rings is 2. The molecule has 25 heavy (non-hydrogen) atoms. The molecule has 4 rings (SSSR count). The van der Waals surface area contributed by atoms with Crippen LogP contribution in [0.5, 0.6) is 0 Å². The highest BCUT2D eigenvalue weighted by Gasteiger charge is 2.19. The summed E-state index contributed by atoms with van der Waals surface area (Å²) in [5.74, 6) is 0.246. The normalized spacial score (nSPS) is 11.0. The minimum Gasteiger partial charge on any atom is -0.361 e. The van der Waals surface area contributed by atoms with E-state index in [2.05, 4.69) is 33.7 Å². The highest BCUT2D eigenvalue weighted by Crippen LogP contribution is 2.31. The molecule has 0 bridgehead atoms. The minimum absolute atomic E-state index is 0.255. The lowest BCUT2D eigenvalue weighted by Gasteiger charge is -2.03. The number of carbonyl (C=O) groups is 1. The highest BCUT2D eigenvalue weighted by molar-refractivity contribution is 7.14. The number of aryl methyl sites for hydroxylation is 2. The monoisotopic (exact) mass is 349 g/mol. The second kappa shape index (κ2) is 6.14. The van der Waals surface area contributed by atoms with Gasteiger partial charge in [0.15, 0.2) is 5.13 Å². The summed E-state index contributed by atoms with van der Waals surface area (Å²) in [6.45, 7) is 3.47. The summed E-state index contributed by atoms with van der Waals surface area (Å²) in [5, 5.41) is 11.4. The lowest BCUT2D eigenvalue weighted by molar-refractivity contribution is 0.102. The summed E-state index contributed by atoms with van der Waals surface area (Å²) in [6, 6.07) is 14.3. The van der Waals surface area contributed by atoms with Crippen LogP contribution in [0.4, 0.5) is 5.13 Å². The van der Waals surface area contributed by atoms with Crippen LogP contribution in [0.25, 0.3) is 22.0 Å². The SMILES string of the molecule is Cc1noc(C)c1C(=O)Nc1nc(-c2cccc3ccccc23)cs1. The lowest BCUT2D eigenvalue weighted by Crippen LogP contribution is -2.13. The topological polar surface area (TPSA) is 68.0 Å². The molecule has 4 aromatic rings. The van der Waals surface area contributed by atoms with Crippen molar-refractivity contribution in [1.29, 1.82) is 0 Å². The molecule has 1 N–H and O–H groups in total. The molecule has 0 aliphatic carbocycles. The third kappa shape index (κ3) is 2.81. The number of amides is 1. The lowest BCUT2D eigenvalue weighted by atomic mass is 10.0. The maximum Gasteiger partial charge on any atom is 0.262 e. The zero-order chi connectivity index (χ0) is 17.4. The molecule has 0 aliphatic heterocycles. The predicted octanol–water partition coefficient (Wildman–Crippen LogP) is 4.82. The third-order valence-corrected chi connectivity index (χ3v) is 4.81. The van der Waals surface area contributed by atoms with Gasteiger partial charge in [-0.2, -0.15) is 0 Å². The minimum atomic E-state index is -0.255. The van der Waals surface area contributed by atoms with Gasteiger partial charge in [-0.15, -0.1) is 11.3 Å². The molecule has 1 amide bonds. The van der Waals surface area contributed by atoms with Crippen LogP contribution in [-0.2, 0) is 0 Å². The Kier molecular flexibility index (Phi) is 3.82. The van der Waals surface area contributed by atoms with Crippen LogP contribution in [0.3, 0.4) is 0 Å².